The molecule has 6 rings (SSSR count). The average Bonchev–Trinajstić information content (AvgIpc) is 3.59. The Hall–Kier alpha value is -5.15. The summed E-state index contributed by atoms with van der Waals surface area (Å²) >= 11 is 0. The van der Waals surface area contributed by atoms with Crippen molar-refractivity contribution >= 4 is 40.1 Å². The minimum atomic E-state index is -4.59. The van der Waals surface area contributed by atoms with Crippen LogP contribution >= 0.6 is 0 Å². The van der Waals surface area contributed by atoms with Crippen LogP contribution in [0.4, 0.5) is 36.3 Å². The number of amides is 1. The Labute approximate surface area is 262 Å². The fraction of sp³-hybridized carbons (Fsp3) is 0.290. The Morgan fingerprint density at radius 1 is 1.02 bits per heavy atom. The van der Waals surface area contributed by atoms with Crippen molar-refractivity contribution in [1.29, 1.82) is 0 Å². The molecule has 4 heterocycles. The Morgan fingerprint density at radius 3 is 2.59 bits per heavy atom. The van der Waals surface area contributed by atoms with Crippen molar-refractivity contribution in [3.05, 3.63) is 84.1 Å². The van der Waals surface area contributed by atoms with Gasteiger partial charge in [-0.2, -0.15) is 18.3 Å². The van der Waals surface area contributed by atoms with Crippen LogP contribution < -0.4 is 15.5 Å². The van der Waals surface area contributed by atoms with E-state index < -0.39 is 17.6 Å². The van der Waals surface area contributed by atoms with Crippen LogP contribution in [0.25, 0.3) is 16.7 Å². The molecule has 0 atom stereocenters. The average molecular weight is 633 g/mol. The van der Waals surface area contributed by atoms with Gasteiger partial charge >= 0.3 is 6.18 Å². The number of hydrogen-bond acceptors (Lipinski definition) is 10. The van der Waals surface area contributed by atoms with E-state index in [0.717, 1.165) is 50.4 Å². The normalized spacial score (nSPS) is 14.1. The minimum absolute atomic E-state index is 0.0378. The van der Waals surface area contributed by atoms with Crippen molar-refractivity contribution in [2.24, 2.45) is 0 Å². The van der Waals surface area contributed by atoms with Crippen LogP contribution in [0.2, 0.25) is 0 Å². The molecule has 1 aliphatic rings. The van der Waals surface area contributed by atoms with E-state index in [4.69, 9.17) is 9.72 Å². The summed E-state index contributed by atoms with van der Waals surface area (Å²) in [6, 6.07) is 9.70. The smallest absolute Gasteiger partial charge is 0.383 e. The molecule has 1 saturated heterocycles. The number of nitrogens with zero attached hydrogens (tertiary/aromatic N) is 8. The quantitative estimate of drug-likeness (QED) is 0.236. The van der Waals surface area contributed by atoms with Gasteiger partial charge in [-0.05, 0) is 48.9 Å². The summed E-state index contributed by atoms with van der Waals surface area (Å²) in [4.78, 5) is 35.9. The second kappa shape index (κ2) is 13.1. The largest absolute Gasteiger partial charge is 0.416 e. The number of fused-ring (bicyclic) bond motifs is 1. The molecule has 0 aliphatic carbocycles. The third-order valence-corrected chi connectivity index (χ3v) is 7.71. The number of halogens is 3. The lowest BCUT2D eigenvalue weighted by atomic mass is 10.1. The van der Waals surface area contributed by atoms with Crippen molar-refractivity contribution in [3.63, 3.8) is 0 Å². The number of rotatable bonds is 9. The highest BCUT2D eigenvalue weighted by Crippen LogP contribution is 2.34. The number of methoxy groups -OCH3 is 1. The zero-order valence-electron chi connectivity index (χ0n) is 25.1. The summed E-state index contributed by atoms with van der Waals surface area (Å²) in [5.74, 6) is 0.389. The molecule has 0 saturated carbocycles. The fourth-order valence-corrected chi connectivity index (χ4v) is 5.12. The number of anilines is 4. The highest BCUT2D eigenvalue weighted by atomic mass is 19.4. The second-order valence-electron chi connectivity index (χ2n) is 10.7. The van der Waals surface area contributed by atoms with E-state index in [0.29, 0.717) is 35.1 Å². The number of aromatic nitrogens is 6. The van der Waals surface area contributed by atoms with Crippen LogP contribution in [0.1, 0.15) is 21.5 Å². The number of alkyl halides is 3. The van der Waals surface area contributed by atoms with Crippen molar-refractivity contribution in [3.8, 4) is 5.69 Å². The Bertz CT molecular complexity index is 1840. The molecule has 2 aromatic carbocycles. The molecule has 2 N–H and O–H groups in total. The number of ether oxygens (including phenoxy) is 1. The molecular weight excluding hydrogens is 601 g/mol. The van der Waals surface area contributed by atoms with Crippen molar-refractivity contribution in [2.75, 3.05) is 62.0 Å². The van der Waals surface area contributed by atoms with E-state index in [1.807, 2.05) is 6.92 Å². The Balaban J connectivity index is 1.25. The Kier molecular flexibility index (Phi) is 8.76. The van der Waals surface area contributed by atoms with Gasteiger partial charge in [-0.15, -0.1) is 0 Å². The first-order valence-corrected chi connectivity index (χ1v) is 14.5. The van der Waals surface area contributed by atoms with Gasteiger partial charge in [0.2, 0.25) is 5.95 Å². The molecule has 15 heteroatoms. The number of aryl methyl sites for hydroxylation is 1. The van der Waals surface area contributed by atoms with Crippen LogP contribution in [-0.4, -0.2) is 87.0 Å². The van der Waals surface area contributed by atoms with Crippen LogP contribution in [0, 0.1) is 6.92 Å². The van der Waals surface area contributed by atoms with Gasteiger partial charge in [-0.3, -0.25) is 9.69 Å². The third-order valence-electron chi connectivity index (χ3n) is 7.71. The first kappa shape index (κ1) is 30.9. The van der Waals surface area contributed by atoms with Gasteiger partial charge in [0.05, 0.1) is 29.7 Å². The molecule has 12 nitrogen and oxygen atoms in total. The minimum Gasteiger partial charge on any atom is -0.383 e. The first-order chi connectivity index (χ1) is 22.2. The fourth-order valence-electron chi connectivity index (χ4n) is 5.12. The molecule has 3 aromatic heterocycles. The lowest BCUT2D eigenvalue weighted by Crippen LogP contribution is -2.47. The van der Waals surface area contributed by atoms with Crippen molar-refractivity contribution in [2.45, 2.75) is 13.1 Å². The zero-order valence-corrected chi connectivity index (χ0v) is 25.1. The summed E-state index contributed by atoms with van der Waals surface area (Å²) in [5.41, 5.74) is 2.00. The topological polar surface area (TPSA) is 126 Å². The standard InChI is InChI=1S/C31H31F3N10O2/c1-20-4-5-21(29(45)40-24-17-22(31(32,33)34)6-7-26(24)44-9-3-8-38-44)16-23(20)39-28-27-25(36-19-37-28)18-35-30(41-27)43-12-10-42(11-13-43)14-15-46-2/h3-9,16-19H,10-15H2,1-2H3,(H,40,45)(H,36,37,39). The van der Waals surface area contributed by atoms with Crippen LogP contribution in [0.3, 0.4) is 0 Å². The number of piperazine rings is 1. The van der Waals surface area contributed by atoms with Gasteiger partial charge in [0.25, 0.3) is 5.91 Å². The number of carbonyl (C=O) groups is 1. The van der Waals surface area contributed by atoms with Gasteiger partial charge in [0, 0.05) is 63.5 Å². The van der Waals surface area contributed by atoms with E-state index in [9.17, 15) is 18.0 Å². The number of carbonyl (C=O) groups excluding carboxylic acids is 1. The Morgan fingerprint density at radius 2 is 1.85 bits per heavy atom. The number of hydrogen-bond donors (Lipinski definition) is 2. The van der Waals surface area contributed by atoms with E-state index in [1.54, 1.807) is 43.8 Å². The molecular formula is C31H31F3N10O2. The lowest BCUT2D eigenvalue weighted by Gasteiger charge is -2.34. The predicted molar refractivity (Wildman–Crippen MR) is 167 cm³/mol. The summed E-state index contributed by atoms with van der Waals surface area (Å²) in [7, 11) is 1.69. The highest BCUT2D eigenvalue weighted by molar-refractivity contribution is 6.06. The summed E-state index contributed by atoms with van der Waals surface area (Å²) in [6.45, 7) is 6.65. The second-order valence-corrected chi connectivity index (χ2v) is 10.7. The van der Waals surface area contributed by atoms with Crippen molar-refractivity contribution in [1.82, 2.24) is 34.6 Å². The maximum absolute atomic E-state index is 13.5. The zero-order chi connectivity index (χ0) is 32.3. The molecule has 1 amide bonds. The van der Waals surface area contributed by atoms with E-state index in [1.165, 1.54) is 23.3 Å². The van der Waals surface area contributed by atoms with Crippen LogP contribution in [-0.2, 0) is 10.9 Å². The summed E-state index contributed by atoms with van der Waals surface area (Å²) < 4.78 is 47.2. The van der Waals surface area contributed by atoms with Crippen molar-refractivity contribution < 1.29 is 22.7 Å². The summed E-state index contributed by atoms with van der Waals surface area (Å²) in [5, 5.41) is 10.0. The molecule has 0 bridgehead atoms. The first-order valence-electron chi connectivity index (χ1n) is 14.5. The van der Waals surface area contributed by atoms with E-state index in [-0.39, 0.29) is 16.9 Å². The molecule has 0 radical (unpaired) electrons. The van der Waals surface area contributed by atoms with Gasteiger partial charge in [0.15, 0.2) is 5.82 Å². The van der Waals surface area contributed by atoms with E-state index >= 15 is 0 Å². The van der Waals surface area contributed by atoms with E-state index in [2.05, 4.69) is 40.5 Å². The predicted octanol–water partition coefficient (Wildman–Crippen LogP) is 4.70. The monoisotopic (exact) mass is 632 g/mol. The molecule has 238 valence electrons. The van der Waals surface area contributed by atoms with Gasteiger partial charge in [-0.25, -0.2) is 24.6 Å². The lowest BCUT2D eigenvalue weighted by molar-refractivity contribution is -0.137. The molecule has 5 aromatic rings. The maximum atomic E-state index is 13.5. The molecule has 0 unspecified atom stereocenters. The molecule has 1 fully saturated rings. The van der Waals surface area contributed by atoms with Gasteiger partial charge in [-0.1, -0.05) is 6.07 Å². The van der Waals surface area contributed by atoms with Gasteiger partial charge in [0.1, 0.15) is 17.4 Å². The van der Waals surface area contributed by atoms with Gasteiger partial charge < -0.3 is 20.3 Å². The highest BCUT2D eigenvalue weighted by Gasteiger charge is 2.31. The molecule has 46 heavy (non-hydrogen) atoms. The molecule has 0 spiro atoms. The molecule has 1 aliphatic heterocycles. The third kappa shape index (κ3) is 6.74. The SMILES string of the molecule is COCCN1CCN(c2ncc3ncnc(Nc4cc(C(=O)Nc5cc(C(F)(F)F)ccc5-n5cccn5)ccc4C)c3n2)CC1. The number of nitrogens with one attached hydrogen (secondary N) is 2. The maximum Gasteiger partial charge on any atom is 0.416 e. The number of benzene rings is 2. The van der Waals surface area contributed by atoms with Crippen LogP contribution in [0.5, 0.6) is 0 Å². The summed E-state index contributed by atoms with van der Waals surface area (Å²) in [6.07, 6.45) is 1.54. The van der Waals surface area contributed by atoms with Crippen LogP contribution in [0.15, 0.2) is 67.4 Å².